The molecule has 0 aliphatic carbocycles. The van der Waals surface area contributed by atoms with Gasteiger partial charge >= 0.3 is 0 Å². The molecule has 1 atom stereocenters. The molecule has 0 saturated carbocycles. The molecule has 5 nitrogen and oxygen atoms in total. The van der Waals surface area contributed by atoms with Crippen LogP contribution >= 0.6 is 0 Å². The first-order chi connectivity index (χ1) is 8.13. The third-order valence-corrected chi connectivity index (χ3v) is 2.82. The molecule has 1 aliphatic heterocycles. The van der Waals surface area contributed by atoms with E-state index in [0.29, 0.717) is 17.8 Å². The number of rotatable bonds is 3. The molecule has 5 heteroatoms. The number of hydrazone groups is 1. The molecule has 1 amide bonds. The fourth-order valence-electron chi connectivity index (χ4n) is 1.86. The van der Waals surface area contributed by atoms with Gasteiger partial charge < -0.3 is 10.8 Å². The SMILES string of the molecule is CC1=NN(c2ccc(N)cc2)C(=O)[C@H]1CCO. The molecule has 17 heavy (non-hydrogen) atoms. The van der Waals surface area contributed by atoms with Crippen LogP contribution in [0.15, 0.2) is 29.4 Å². The quantitative estimate of drug-likeness (QED) is 0.764. The molecule has 2 rings (SSSR count). The van der Waals surface area contributed by atoms with Crippen LogP contribution in [0.4, 0.5) is 11.4 Å². The van der Waals surface area contributed by atoms with Gasteiger partial charge in [0.15, 0.2) is 0 Å². The van der Waals surface area contributed by atoms with Crippen molar-refractivity contribution in [1.82, 2.24) is 0 Å². The van der Waals surface area contributed by atoms with Gasteiger partial charge in [-0.1, -0.05) is 0 Å². The fraction of sp³-hybridized carbons (Fsp3) is 0.333. The Bertz CT molecular complexity index is 453. The number of nitrogen functional groups attached to an aromatic ring is 1. The van der Waals surface area contributed by atoms with E-state index >= 15 is 0 Å². The van der Waals surface area contributed by atoms with Crippen LogP contribution in [-0.2, 0) is 4.79 Å². The van der Waals surface area contributed by atoms with Crippen molar-refractivity contribution in [2.75, 3.05) is 17.3 Å². The minimum absolute atomic E-state index is 0.0150. The lowest BCUT2D eigenvalue weighted by molar-refractivity contribution is -0.120. The number of anilines is 2. The molecule has 3 N–H and O–H groups in total. The van der Waals surface area contributed by atoms with Crippen LogP contribution in [0.1, 0.15) is 13.3 Å². The van der Waals surface area contributed by atoms with Gasteiger partial charge in [0.25, 0.3) is 5.91 Å². The Balaban J connectivity index is 2.24. The summed E-state index contributed by atoms with van der Waals surface area (Å²) in [6.07, 6.45) is 0.416. The molecule has 0 radical (unpaired) electrons. The van der Waals surface area contributed by atoms with E-state index in [4.69, 9.17) is 10.8 Å². The van der Waals surface area contributed by atoms with Gasteiger partial charge in [0, 0.05) is 18.0 Å². The highest BCUT2D eigenvalue weighted by molar-refractivity contribution is 6.14. The molecule has 0 aromatic heterocycles. The average Bonchev–Trinajstić information content (AvgIpc) is 2.59. The Hall–Kier alpha value is -1.88. The van der Waals surface area contributed by atoms with Gasteiger partial charge in [-0.25, -0.2) is 5.01 Å². The Morgan fingerprint density at radius 2 is 2.06 bits per heavy atom. The number of hydrogen-bond donors (Lipinski definition) is 2. The number of benzene rings is 1. The summed E-state index contributed by atoms with van der Waals surface area (Å²) in [5.74, 6) is -0.404. The molecular formula is C12H15N3O2. The second-order valence-corrected chi connectivity index (χ2v) is 4.05. The number of aliphatic hydroxyl groups is 1. The summed E-state index contributed by atoms with van der Waals surface area (Å²) in [4.78, 5) is 12.1. The molecule has 90 valence electrons. The van der Waals surface area contributed by atoms with E-state index in [1.165, 1.54) is 5.01 Å². The van der Waals surface area contributed by atoms with E-state index in [-0.39, 0.29) is 18.4 Å². The number of aliphatic hydroxyl groups excluding tert-OH is 1. The molecule has 0 fully saturated rings. The van der Waals surface area contributed by atoms with E-state index in [9.17, 15) is 4.79 Å². The summed E-state index contributed by atoms with van der Waals surface area (Å²) < 4.78 is 0. The summed E-state index contributed by atoms with van der Waals surface area (Å²) in [6.45, 7) is 1.79. The molecule has 1 aromatic rings. The largest absolute Gasteiger partial charge is 0.399 e. The van der Waals surface area contributed by atoms with Gasteiger partial charge in [-0.15, -0.1) is 0 Å². The highest BCUT2D eigenvalue weighted by Gasteiger charge is 2.33. The maximum Gasteiger partial charge on any atom is 0.256 e. The molecule has 1 aliphatic rings. The van der Waals surface area contributed by atoms with E-state index < -0.39 is 0 Å². The Morgan fingerprint density at radius 3 is 2.65 bits per heavy atom. The highest BCUT2D eigenvalue weighted by Crippen LogP contribution is 2.25. The average molecular weight is 233 g/mol. The summed E-state index contributed by atoms with van der Waals surface area (Å²) >= 11 is 0. The van der Waals surface area contributed by atoms with E-state index in [1.807, 2.05) is 0 Å². The normalized spacial score (nSPS) is 19.6. The summed E-state index contributed by atoms with van der Waals surface area (Å²) in [5, 5.41) is 14.5. The molecule has 0 bridgehead atoms. The Morgan fingerprint density at radius 1 is 1.41 bits per heavy atom. The van der Waals surface area contributed by atoms with Gasteiger partial charge in [-0.3, -0.25) is 4.79 Å². The van der Waals surface area contributed by atoms with Crippen LogP contribution in [0.3, 0.4) is 0 Å². The van der Waals surface area contributed by atoms with Crippen molar-refractivity contribution in [3.05, 3.63) is 24.3 Å². The third kappa shape index (κ3) is 2.14. The minimum atomic E-state index is -0.308. The van der Waals surface area contributed by atoms with Crippen molar-refractivity contribution in [3.8, 4) is 0 Å². The lowest BCUT2D eigenvalue weighted by atomic mass is 10.0. The topological polar surface area (TPSA) is 78.9 Å². The van der Waals surface area contributed by atoms with E-state index in [2.05, 4.69) is 5.10 Å². The number of nitrogens with two attached hydrogens (primary N) is 1. The van der Waals surface area contributed by atoms with Crippen LogP contribution in [0.2, 0.25) is 0 Å². The molecule has 1 heterocycles. The molecular weight excluding hydrogens is 218 g/mol. The number of amides is 1. The molecule has 0 spiro atoms. The van der Waals surface area contributed by atoms with Crippen molar-refractivity contribution in [1.29, 1.82) is 0 Å². The second kappa shape index (κ2) is 4.55. The van der Waals surface area contributed by atoms with Crippen LogP contribution in [0.5, 0.6) is 0 Å². The lowest BCUT2D eigenvalue weighted by Gasteiger charge is -2.13. The molecule has 1 aromatic carbocycles. The van der Waals surface area contributed by atoms with Gasteiger partial charge in [0.05, 0.1) is 11.6 Å². The Labute approximate surface area is 99.5 Å². The number of carbonyl (C=O) groups excluding carboxylic acids is 1. The maximum atomic E-state index is 12.1. The lowest BCUT2D eigenvalue weighted by Crippen LogP contribution is -2.27. The highest BCUT2D eigenvalue weighted by atomic mass is 16.3. The zero-order valence-corrected chi connectivity index (χ0v) is 9.63. The first-order valence-corrected chi connectivity index (χ1v) is 5.49. The smallest absolute Gasteiger partial charge is 0.256 e. The summed E-state index contributed by atoms with van der Waals surface area (Å²) in [6, 6.07) is 6.97. The van der Waals surface area contributed by atoms with Crippen LogP contribution in [0.25, 0.3) is 0 Å². The standard InChI is InChI=1S/C12H15N3O2/c1-8-11(6-7-16)12(17)15(14-8)10-4-2-9(13)3-5-10/h2-5,11,16H,6-7,13H2,1H3/t11-/m0/s1. The van der Waals surface area contributed by atoms with E-state index in [1.54, 1.807) is 31.2 Å². The minimum Gasteiger partial charge on any atom is -0.399 e. The number of carbonyl (C=O) groups is 1. The van der Waals surface area contributed by atoms with Crippen molar-refractivity contribution in [2.45, 2.75) is 13.3 Å². The summed E-state index contributed by atoms with van der Waals surface area (Å²) in [5.41, 5.74) is 7.67. The first-order valence-electron chi connectivity index (χ1n) is 5.49. The van der Waals surface area contributed by atoms with E-state index in [0.717, 1.165) is 5.71 Å². The van der Waals surface area contributed by atoms with Gasteiger partial charge in [0.1, 0.15) is 0 Å². The predicted octanol–water partition coefficient (Wildman–Crippen LogP) is 0.990. The summed E-state index contributed by atoms with van der Waals surface area (Å²) in [7, 11) is 0. The van der Waals surface area contributed by atoms with Crippen molar-refractivity contribution in [2.24, 2.45) is 11.0 Å². The number of hydrogen-bond acceptors (Lipinski definition) is 4. The van der Waals surface area contributed by atoms with Crippen LogP contribution in [-0.4, -0.2) is 23.3 Å². The molecule has 0 unspecified atom stereocenters. The van der Waals surface area contributed by atoms with Crippen LogP contribution < -0.4 is 10.7 Å². The zero-order chi connectivity index (χ0) is 12.4. The molecule has 0 saturated heterocycles. The maximum absolute atomic E-state index is 12.1. The third-order valence-electron chi connectivity index (χ3n) is 2.82. The van der Waals surface area contributed by atoms with Gasteiger partial charge in [0.2, 0.25) is 0 Å². The second-order valence-electron chi connectivity index (χ2n) is 4.05. The first kappa shape index (κ1) is 11.6. The van der Waals surface area contributed by atoms with Crippen LogP contribution in [0, 0.1) is 5.92 Å². The zero-order valence-electron chi connectivity index (χ0n) is 9.63. The fourth-order valence-corrected chi connectivity index (χ4v) is 1.86. The predicted molar refractivity (Wildman–Crippen MR) is 66.6 cm³/mol. The van der Waals surface area contributed by atoms with Crippen molar-refractivity contribution >= 4 is 23.0 Å². The van der Waals surface area contributed by atoms with Crippen molar-refractivity contribution < 1.29 is 9.90 Å². The Kier molecular flexibility index (Phi) is 3.10. The monoisotopic (exact) mass is 233 g/mol. The number of nitrogens with zero attached hydrogens (tertiary/aromatic N) is 2. The van der Waals surface area contributed by atoms with Crippen molar-refractivity contribution in [3.63, 3.8) is 0 Å². The van der Waals surface area contributed by atoms with Gasteiger partial charge in [-0.2, -0.15) is 5.10 Å². The van der Waals surface area contributed by atoms with Gasteiger partial charge in [-0.05, 0) is 37.6 Å².